The van der Waals surface area contributed by atoms with E-state index >= 15 is 0 Å². The highest BCUT2D eigenvalue weighted by molar-refractivity contribution is 7.99. The number of aromatic nitrogens is 2. The summed E-state index contributed by atoms with van der Waals surface area (Å²) >= 11 is 1.85. The Balaban J connectivity index is 2.03. The maximum atomic E-state index is 4.36. The summed E-state index contributed by atoms with van der Waals surface area (Å²) in [4.78, 5) is 8.72. The fourth-order valence-electron chi connectivity index (χ4n) is 2.87. The lowest BCUT2D eigenvalue weighted by Crippen LogP contribution is -2.43. The highest BCUT2D eigenvalue weighted by Crippen LogP contribution is 2.38. The third-order valence-electron chi connectivity index (χ3n) is 4.04. The minimum atomic E-state index is 0.600. The van der Waals surface area contributed by atoms with Gasteiger partial charge in [-0.05, 0) is 43.7 Å². The first kappa shape index (κ1) is 14.8. The Labute approximate surface area is 121 Å². The summed E-state index contributed by atoms with van der Waals surface area (Å²) < 4.78 is 0. The molecule has 0 aromatic carbocycles. The van der Waals surface area contributed by atoms with E-state index in [2.05, 4.69) is 36.1 Å². The van der Waals surface area contributed by atoms with Gasteiger partial charge in [-0.15, -0.1) is 0 Å². The van der Waals surface area contributed by atoms with Crippen LogP contribution in [0.4, 0.5) is 0 Å². The van der Waals surface area contributed by atoms with Crippen LogP contribution in [0.3, 0.4) is 0 Å². The van der Waals surface area contributed by atoms with Crippen LogP contribution in [0.25, 0.3) is 0 Å². The van der Waals surface area contributed by atoms with Crippen molar-refractivity contribution in [3.63, 3.8) is 0 Å². The van der Waals surface area contributed by atoms with Gasteiger partial charge in [0.05, 0.1) is 0 Å². The Bertz CT molecular complexity index is 369. The quantitative estimate of drug-likeness (QED) is 0.839. The van der Waals surface area contributed by atoms with Crippen LogP contribution in [0.1, 0.15) is 40.0 Å². The Morgan fingerprint density at radius 2 is 2.05 bits per heavy atom. The molecule has 0 bridgehead atoms. The molecule has 2 rings (SSSR count). The van der Waals surface area contributed by atoms with Gasteiger partial charge >= 0.3 is 0 Å². The normalized spacial score (nSPS) is 27.7. The van der Waals surface area contributed by atoms with Crippen molar-refractivity contribution >= 4 is 11.8 Å². The van der Waals surface area contributed by atoms with Crippen LogP contribution in [0.2, 0.25) is 0 Å². The van der Waals surface area contributed by atoms with E-state index in [9.17, 15) is 0 Å². The van der Waals surface area contributed by atoms with Gasteiger partial charge in [-0.1, -0.05) is 32.5 Å². The summed E-state index contributed by atoms with van der Waals surface area (Å²) in [6, 6.07) is 2.48. The lowest BCUT2D eigenvalue weighted by molar-refractivity contribution is 0.247. The lowest BCUT2D eigenvalue weighted by atomic mass is 9.79. The first-order chi connectivity index (χ1) is 9.20. The molecule has 1 aromatic rings. The molecule has 1 heterocycles. The summed E-state index contributed by atoms with van der Waals surface area (Å²) in [6.07, 6.45) is 7.57. The largest absolute Gasteiger partial charge is 0.313 e. The Kier molecular flexibility index (Phi) is 5.64. The summed E-state index contributed by atoms with van der Waals surface area (Å²) in [5, 5.41) is 5.15. The summed E-state index contributed by atoms with van der Waals surface area (Å²) in [7, 11) is 0. The van der Waals surface area contributed by atoms with Gasteiger partial charge in [0.25, 0.3) is 0 Å². The molecule has 1 aliphatic carbocycles. The van der Waals surface area contributed by atoms with Gasteiger partial charge in [0.15, 0.2) is 5.16 Å². The van der Waals surface area contributed by atoms with E-state index in [4.69, 9.17) is 0 Å². The third-order valence-corrected chi connectivity index (χ3v) is 5.29. The van der Waals surface area contributed by atoms with E-state index in [0.717, 1.165) is 23.5 Å². The van der Waals surface area contributed by atoms with E-state index in [1.165, 1.54) is 19.3 Å². The van der Waals surface area contributed by atoms with Crippen LogP contribution in [0, 0.1) is 11.8 Å². The maximum Gasteiger partial charge on any atom is 0.187 e. The monoisotopic (exact) mass is 279 g/mol. The van der Waals surface area contributed by atoms with Crippen molar-refractivity contribution in [1.82, 2.24) is 15.3 Å². The Morgan fingerprint density at radius 3 is 2.68 bits per heavy atom. The van der Waals surface area contributed by atoms with Crippen LogP contribution in [0.5, 0.6) is 0 Å². The topological polar surface area (TPSA) is 37.8 Å². The van der Waals surface area contributed by atoms with Crippen molar-refractivity contribution in [2.24, 2.45) is 11.8 Å². The molecule has 0 radical (unpaired) electrons. The minimum absolute atomic E-state index is 0.600. The maximum absolute atomic E-state index is 4.36. The zero-order valence-electron chi connectivity index (χ0n) is 12.2. The van der Waals surface area contributed by atoms with E-state index in [1.54, 1.807) is 0 Å². The van der Waals surface area contributed by atoms with Gasteiger partial charge in [-0.2, -0.15) is 0 Å². The Morgan fingerprint density at radius 1 is 1.32 bits per heavy atom. The highest BCUT2D eigenvalue weighted by atomic mass is 32.2. The molecule has 3 atom stereocenters. The van der Waals surface area contributed by atoms with Gasteiger partial charge in [0, 0.05) is 23.7 Å². The molecule has 1 N–H and O–H groups in total. The molecule has 3 unspecified atom stereocenters. The molecular formula is C15H25N3S. The third kappa shape index (κ3) is 4.18. The van der Waals surface area contributed by atoms with Crippen molar-refractivity contribution in [2.45, 2.75) is 56.5 Å². The zero-order chi connectivity index (χ0) is 13.7. The standard InChI is InChI=1S/C15H25N3S/c1-4-16-13-7-6-12(11(2)3)10-14(13)19-15-17-8-5-9-18-15/h5,8-9,11-14,16H,4,6-7,10H2,1-3H3. The average molecular weight is 279 g/mol. The molecule has 1 saturated carbocycles. The van der Waals surface area contributed by atoms with Crippen molar-refractivity contribution < 1.29 is 0 Å². The number of nitrogens with zero attached hydrogens (tertiary/aromatic N) is 2. The van der Waals surface area contributed by atoms with E-state index in [0.29, 0.717) is 11.3 Å². The van der Waals surface area contributed by atoms with Gasteiger partial charge in [-0.25, -0.2) is 9.97 Å². The second kappa shape index (κ2) is 7.25. The summed E-state index contributed by atoms with van der Waals surface area (Å²) in [6.45, 7) is 7.93. The predicted molar refractivity (Wildman–Crippen MR) is 81.3 cm³/mol. The van der Waals surface area contributed by atoms with Crippen LogP contribution in [-0.4, -0.2) is 27.8 Å². The molecular weight excluding hydrogens is 254 g/mol. The van der Waals surface area contributed by atoms with Gasteiger partial charge in [0.1, 0.15) is 0 Å². The van der Waals surface area contributed by atoms with Crippen molar-refractivity contribution in [1.29, 1.82) is 0 Å². The van der Waals surface area contributed by atoms with Gasteiger partial charge in [0.2, 0.25) is 0 Å². The SMILES string of the molecule is CCNC1CCC(C(C)C)CC1Sc1ncccn1. The highest BCUT2D eigenvalue weighted by Gasteiger charge is 2.32. The molecule has 0 saturated heterocycles. The Hall–Kier alpha value is -0.610. The second-order valence-electron chi connectivity index (χ2n) is 5.67. The number of rotatable bonds is 5. The molecule has 1 aliphatic rings. The molecule has 0 amide bonds. The van der Waals surface area contributed by atoms with Crippen LogP contribution in [0.15, 0.2) is 23.6 Å². The number of nitrogens with one attached hydrogen (secondary N) is 1. The first-order valence-corrected chi connectivity index (χ1v) is 8.25. The summed E-state index contributed by atoms with van der Waals surface area (Å²) in [5.41, 5.74) is 0. The second-order valence-corrected chi connectivity index (χ2v) is 6.88. The molecule has 4 heteroatoms. The smallest absolute Gasteiger partial charge is 0.187 e. The van der Waals surface area contributed by atoms with Crippen LogP contribution >= 0.6 is 11.8 Å². The fourth-order valence-corrected chi connectivity index (χ4v) is 4.13. The zero-order valence-corrected chi connectivity index (χ0v) is 13.0. The van der Waals surface area contributed by atoms with Gasteiger partial charge < -0.3 is 5.32 Å². The van der Waals surface area contributed by atoms with Crippen molar-refractivity contribution in [3.05, 3.63) is 18.5 Å². The number of hydrogen-bond acceptors (Lipinski definition) is 4. The molecule has 1 fully saturated rings. The molecule has 3 nitrogen and oxygen atoms in total. The number of hydrogen-bond donors (Lipinski definition) is 1. The molecule has 106 valence electrons. The van der Waals surface area contributed by atoms with Gasteiger partial charge in [-0.3, -0.25) is 0 Å². The van der Waals surface area contributed by atoms with Crippen LogP contribution in [-0.2, 0) is 0 Å². The lowest BCUT2D eigenvalue weighted by Gasteiger charge is -2.37. The van der Waals surface area contributed by atoms with Crippen molar-refractivity contribution in [2.75, 3.05) is 6.54 Å². The first-order valence-electron chi connectivity index (χ1n) is 7.37. The van der Waals surface area contributed by atoms with Crippen LogP contribution < -0.4 is 5.32 Å². The molecule has 1 aromatic heterocycles. The van der Waals surface area contributed by atoms with E-state index in [-0.39, 0.29) is 0 Å². The minimum Gasteiger partial charge on any atom is -0.313 e. The molecule has 0 aliphatic heterocycles. The predicted octanol–water partition coefficient (Wildman–Crippen LogP) is 3.37. The fraction of sp³-hybridized carbons (Fsp3) is 0.733. The van der Waals surface area contributed by atoms with E-state index < -0.39 is 0 Å². The molecule has 19 heavy (non-hydrogen) atoms. The molecule has 0 spiro atoms. The number of thioether (sulfide) groups is 1. The summed E-state index contributed by atoms with van der Waals surface area (Å²) in [5.74, 6) is 1.62. The van der Waals surface area contributed by atoms with E-state index in [1.807, 2.05) is 30.2 Å². The average Bonchev–Trinajstić information content (AvgIpc) is 2.42. The van der Waals surface area contributed by atoms with Crippen molar-refractivity contribution in [3.8, 4) is 0 Å².